The molecule has 1 aromatic heterocycles. The fraction of sp³-hybridized carbons (Fsp3) is 0.346. The maximum absolute atomic E-state index is 12.8. The number of rotatable bonds is 8. The molecular weight excluding hydrogens is 432 g/mol. The second-order valence-electron chi connectivity index (χ2n) is 7.97. The van der Waals surface area contributed by atoms with Crippen LogP contribution in [0.3, 0.4) is 0 Å². The predicted octanol–water partition coefficient (Wildman–Crippen LogP) is 3.45. The number of amides is 1. The SMILES string of the molecule is CCOc1ccc(-c2ccc(N3CCN(C(=O)Cc4ccc(OC)c(OC)c4)CC3)nn2)cc1. The van der Waals surface area contributed by atoms with Gasteiger partial charge in [0.2, 0.25) is 5.91 Å². The van der Waals surface area contributed by atoms with Crippen LogP contribution in [0.25, 0.3) is 11.3 Å². The van der Waals surface area contributed by atoms with Gasteiger partial charge in [-0.1, -0.05) is 6.07 Å². The first-order chi connectivity index (χ1) is 16.6. The maximum Gasteiger partial charge on any atom is 0.227 e. The second-order valence-corrected chi connectivity index (χ2v) is 7.97. The van der Waals surface area contributed by atoms with Crippen LogP contribution in [0.1, 0.15) is 12.5 Å². The number of carbonyl (C=O) groups excluding carboxylic acids is 1. The molecule has 4 rings (SSSR count). The van der Waals surface area contributed by atoms with Gasteiger partial charge < -0.3 is 24.0 Å². The largest absolute Gasteiger partial charge is 0.494 e. The molecule has 0 N–H and O–H groups in total. The fourth-order valence-corrected chi connectivity index (χ4v) is 4.00. The van der Waals surface area contributed by atoms with E-state index in [1.807, 2.05) is 66.4 Å². The molecule has 0 unspecified atom stereocenters. The number of methoxy groups -OCH3 is 2. The number of benzene rings is 2. The molecule has 0 spiro atoms. The maximum atomic E-state index is 12.8. The van der Waals surface area contributed by atoms with E-state index in [0.29, 0.717) is 37.6 Å². The topological polar surface area (TPSA) is 77.0 Å². The van der Waals surface area contributed by atoms with E-state index in [1.165, 1.54) is 0 Å². The molecule has 3 aromatic rings. The molecule has 178 valence electrons. The van der Waals surface area contributed by atoms with Crippen LogP contribution in [0, 0.1) is 0 Å². The fourth-order valence-electron chi connectivity index (χ4n) is 4.00. The second kappa shape index (κ2) is 10.9. The number of aromatic nitrogens is 2. The van der Waals surface area contributed by atoms with Gasteiger partial charge in [0.05, 0.1) is 32.9 Å². The van der Waals surface area contributed by atoms with Crippen molar-refractivity contribution in [3.8, 4) is 28.5 Å². The lowest BCUT2D eigenvalue weighted by molar-refractivity contribution is -0.130. The minimum absolute atomic E-state index is 0.101. The number of ether oxygens (including phenoxy) is 3. The van der Waals surface area contributed by atoms with Crippen LogP contribution in [-0.2, 0) is 11.2 Å². The Morgan fingerprint density at radius 2 is 1.62 bits per heavy atom. The van der Waals surface area contributed by atoms with Gasteiger partial charge in [-0.05, 0) is 61.0 Å². The van der Waals surface area contributed by atoms with E-state index in [-0.39, 0.29) is 5.91 Å². The summed E-state index contributed by atoms with van der Waals surface area (Å²) in [6.45, 7) is 5.33. The lowest BCUT2D eigenvalue weighted by Crippen LogP contribution is -2.49. The number of hydrogen-bond acceptors (Lipinski definition) is 7. The summed E-state index contributed by atoms with van der Waals surface area (Å²) in [7, 11) is 3.19. The van der Waals surface area contributed by atoms with Crippen molar-refractivity contribution in [2.75, 3.05) is 51.9 Å². The van der Waals surface area contributed by atoms with E-state index in [4.69, 9.17) is 14.2 Å². The van der Waals surface area contributed by atoms with E-state index in [9.17, 15) is 4.79 Å². The highest BCUT2D eigenvalue weighted by molar-refractivity contribution is 5.79. The van der Waals surface area contributed by atoms with Gasteiger partial charge in [0, 0.05) is 31.7 Å². The Labute approximate surface area is 200 Å². The van der Waals surface area contributed by atoms with Gasteiger partial charge in [0.1, 0.15) is 5.75 Å². The molecule has 0 atom stereocenters. The van der Waals surface area contributed by atoms with Crippen molar-refractivity contribution < 1.29 is 19.0 Å². The third kappa shape index (κ3) is 5.39. The molecule has 0 bridgehead atoms. The van der Waals surface area contributed by atoms with Gasteiger partial charge >= 0.3 is 0 Å². The molecule has 8 nitrogen and oxygen atoms in total. The van der Waals surface area contributed by atoms with Gasteiger partial charge in [-0.2, -0.15) is 0 Å². The zero-order chi connectivity index (χ0) is 23.9. The molecule has 2 aromatic carbocycles. The van der Waals surface area contributed by atoms with Crippen molar-refractivity contribution in [3.63, 3.8) is 0 Å². The minimum Gasteiger partial charge on any atom is -0.494 e. The first kappa shape index (κ1) is 23.4. The summed E-state index contributed by atoms with van der Waals surface area (Å²) in [5.41, 5.74) is 2.71. The van der Waals surface area contributed by atoms with Crippen molar-refractivity contribution >= 4 is 11.7 Å². The van der Waals surface area contributed by atoms with Crippen LogP contribution in [0.2, 0.25) is 0 Å². The van der Waals surface area contributed by atoms with Crippen LogP contribution in [0.15, 0.2) is 54.6 Å². The number of carbonyl (C=O) groups is 1. The average Bonchev–Trinajstić information content (AvgIpc) is 2.89. The molecule has 1 fully saturated rings. The van der Waals surface area contributed by atoms with Gasteiger partial charge in [-0.3, -0.25) is 4.79 Å². The molecule has 0 saturated carbocycles. The van der Waals surface area contributed by atoms with Crippen LogP contribution < -0.4 is 19.1 Å². The summed E-state index contributed by atoms with van der Waals surface area (Å²) in [6.07, 6.45) is 0.330. The predicted molar refractivity (Wildman–Crippen MR) is 131 cm³/mol. The number of hydrogen-bond donors (Lipinski definition) is 0. The zero-order valence-corrected chi connectivity index (χ0v) is 19.9. The highest BCUT2D eigenvalue weighted by Gasteiger charge is 2.22. The normalized spacial score (nSPS) is 13.5. The van der Waals surface area contributed by atoms with Crippen molar-refractivity contribution in [1.82, 2.24) is 15.1 Å². The number of anilines is 1. The quantitative estimate of drug-likeness (QED) is 0.507. The first-order valence-corrected chi connectivity index (χ1v) is 11.4. The molecule has 8 heteroatoms. The third-order valence-electron chi connectivity index (χ3n) is 5.87. The first-order valence-electron chi connectivity index (χ1n) is 11.4. The Kier molecular flexibility index (Phi) is 7.47. The number of nitrogens with zero attached hydrogens (tertiary/aromatic N) is 4. The van der Waals surface area contributed by atoms with E-state index in [0.717, 1.165) is 41.5 Å². The van der Waals surface area contributed by atoms with Gasteiger partial charge in [-0.25, -0.2) is 0 Å². The van der Waals surface area contributed by atoms with Crippen LogP contribution in [0.5, 0.6) is 17.2 Å². The minimum atomic E-state index is 0.101. The molecule has 2 heterocycles. The smallest absolute Gasteiger partial charge is 0.227 e. The monoisotopic (exact) mass is 462 g/mol. The Morgan fingerprint density at radius 3 is 2.24 bits per heavy atom. The molecule has 34 heavy (non-hydrogen) atoms. The van der Waals surface area contributed by atoms with E-state index in [1.54, 1.807) is 14.2 Å². The van der Waals surface area contributed by atoms with Crippen molar-refractivity contribution in [2.24, 2.45) is 0 Å². The summed E-state index contributed by atoms with van der Waals surface area (Å²) in [4.78, 5) is 16.9. The standard InChI is InChI=1S/C26H30N4O4/c1-4-34-21-8-6-20(7-9-21)22-10-12-25(28-27-22)29-13-15-30(16-14-29)26(31)18-19-5-11-23(32-2)24(17-19)33-3/h5-12,17H,4,13-16,18H2,1-3H3. The van der Waals surface area contributed by atoms with Gasteiger partial charge in [0.25, 0.3) is 0 Å². The molecule has 1 aliphatic heterocycles. The Bertz CT molecular complexity index is 1090. The lowest BCUT2D eigenvalue weighted by atomic mass is 10.1. The lowest BCUT2D eigenvalue weighted by Gasteiger charge is -2.35. The Balaban J connectivity index is 1.32. The van der Waals surface area contributed by atoms with Gasteiger partial charge in [0.15, 0.2) is 17.3 Å². The zero-order valence-electron chi connectivity index (χ0n) is 19.9. The van der Waals surface area contributed by atoms with Crippen LogP contribution in [-0.4, -0.2) is 68.0 Å². The summed E-state index contributed by atoms with van der Waals surface area (Å²) in [5, 5.41) is 8.83. The summed E-state index contributed by atoms with van der Waals surface area (Å²) in [5.74, 6) is 3.05. The molecular formula is C26H30N4O4. The van der Waals surface area contributed by atoms with Gasteiger partial charge in [-0.15, -0.1) is 10.2 Å². The highest BCUT2D eigenvalue weighted by Crippen LogP contribution is 2.28. The van der Waals surface area contributed by atoms with Crippen molar-refractivity contribution in [2.45, 2.75) is 13.3 Å². The molecule has 1 amide bonds. The van der Waals surface area contributed by atoms with E-state index in [2.05, 4.69) is 15.1 Å². The Hall–Kier alpha value is -3.81. The summed E-state index contributed by atoms with van der Waals surface area (Å²) in [6, 6.07) is 17.4. The average molecular weight is 463 g/mol. The van der Waals surface area contributed by atoms with Crippen LogP contribution >= 0.6 is 0 Å². The molecule has 1 aliphatic rings. The van der Waals surface area contributed by atoms with E-state index < -0.39 is 0 Å². The molecule has 1 saturated heterocycles. The van der Waals surface area contributed by atoms with Crippen molar-refractivity contribution in [3.05, 3.63) is 60.2 Å². The summed E-state index contributed by atoms with van der Waals surface area (Å²) >= 11 is 0. The molecule has 0 aliphatic carbocycles. The van der Waals surface area contributed by atoms with E-state index >= 15 is 0 Å². The summed E-state index contributed by atoms with van der Waals surface area (Å²) < 4.78 is 16.1. The van der Waals surface area contributed by atoms with Crippen molar-refractivity contribution in [1.29, 1.82) is 0 Å². The van der Waals surface area contributed by atoms with Crippen LogP contribution in [0.4, 0.5) is 5.82 Å². The molecule has 0 radical (unpaired) electrons. The number of piperazine rings is 1. The third-order valence-corrected chi connectivity index (χ3v) is 5.87. The highest BCUT2D eigenvalue weighted by atomic mass is 16.5. The Morgan fingerprint density at radius 1 is 0.882 bits per heavy atom.